The molecule has 16 heavy (non-hydrogen) atoms. The van der Waals surface area contributed by atoms with Crippen LogP contribution in [0.4, 0.5) is 5.69 Å². The summed E-state index contributed by atoms with van der Waals surface area (Å²) in [5.74, 6) is 0.760. The van der Waals surface area contributed by atoms with Crippen molar-refractivity contribution in [2.75, 3.05) is 12.5 Å². The van der Waals surface area contributed by atoms with Gasteiger partial charge >= 0.3 is 0 Å². The molecule has 0 heterocycles. The third-order valence-electron chi connectivity index (χ3n) is 1.66. The highest BCUT2D eigenvalue weighted by molar-refractivity contribution is 14.1. The molecule has 0 atom stereocenters. The van der Waals surface area contributed by atoms with E-state index in [1.807, 2.05) is 0 Å². The van der Waals surface area contributed by atoms with Gasteiger partial charge in [0.05, 0.1) is 16.4 Å². The fourth-order valence-electron chi connectivity index (χ4n) is 0.931. The van der Waals surface area contributed by atoms with Gasteiger partial charge in [0.2, 0.25) is 5.71 Å². The second kappa shape index (κ2) is 5.93. The van der Waals surface area contributed by atoms with Gasteiger partial charge in [0, 0.05) is 0 Å². The third-order valence-corrected chi connectivity index (χ3v) is 2.50. The Bertz CT molecular complexity index is 483. The van der Waals surface area contributed by atoms with Crippen LogP contribution in [0.2, 0.25) is 0 Å². The number of nitrogens with one attached hydrogen (secondary N) is 1. The largest absolute Gasteiger partial charge is 0.496 e. The molecule has 0 bridgehead atoms. The molecule has 0 unspecified atom stereocenters. The molecule has 5 nitrogen and oxygen atoms in total. The van der Waals surface area contributed by atoms with Gasteiger partial charge in [0.1, 0.15) is 17.9 Å². The molecule has 0 saturated carbocycles. The van der Waals surface area contributed by atoms with Crippen LogP contribution in [-0.4, -0.2) is 12.8 Å². The summed E-state index contributed by atoms with van der Waals surface area (Å²) >= 11 is 2.12. The Morgan fingerprint density at radius 3 is 2.62 bits per heavy atom. The quantitative estimate of drug-likeness (QED) is 0.524. The van der Waals surface area contributed by atoms with Crippen molar-refractivity contribution in [3.63, 3.8) is 0 Å². The first-order chi connectivity index (χ1) is 7.71. The topological polar surface area (TPSA) is 81.2 Å². The first-order valence-corrected chi connectivity index (χ1v) is 5.26. The second-order valence-electron chi connectivity index (χ2n) is 2.65. The van der Waals surface area contributed by atoms with E-state index in [0.29, 0.717) is 5.69 Å². The van der Waals surface area contributed by atoms with E-state index in [1.54, 1.807) is 37.4 Å². The van der Waals surface area contributed by atoms with E-state index in [2.05, 4.69) is 33.1 Å². The monoisotopic (exact) mass is 326 g/mol. The van der Waals surface area contributed by atoms with Crippen LogP contribution in [0, 0.1) is 26.2 Å². The Kier molecular flexibility index (Phi) is 4.55. The number of nitrogens with zero attached hydrogens (tertiary/aromatic N) is 3. The SMILES string of the molecule is COc1ccc(NN=C(C#N)C#N)cc1I. The lowest BCUT2D eigenvalue weighted by Gasteiger charge is -2.05. The van der Waals surface area contributed by atoms with E-state index in [1.165, 1.54) is 0 Å². The van der Waals surface area contributed by atoms with Crippen LogP contribution in [-0.2, 0) is 0 Å². The smallest absolute Gasteiger partial charge is 0.237 e. The number of methoxy groups -OCH3 is 1. The van der Waals surface area contributed by atoms with Crippen LogP contribution in [0.3, 0.4) is 0 Å². The van der Waals surface area contributed by atoms with E-state index < -0.39 is 0 Å². The number of anilines is 1. The molecule has 0 aliphatic rings. The summed E-state index contributed by atoms with van der Waals surface area (Å²) in [6.07, 6.45) is 0. The minimum absolute atomic E-state index is 0.217. The molecule has 0 radical (unpaired) electrons. The lowest BCUT2D eigenvalue weighted by atomic mass is 10.3. The van der Waals surface area contributed by atoms with Crippen molar-refractivity contribution >= 4 is 34.0 Å². The van der Waals surface area contributed by atoms with Crippen LogP contribution in [0.5, 0.6) is 5.75 Å². The summed E-state index contributed by atoms with van der Waals surface area (Å²) in [4.78, 5) is 0. The molecular weight excluding hydrogens is 319 g/mol. The standard InChI is InChI=1S/C10H7IN4O/c1-16-10-3-2-7(4-9(10)11)14-15-8(5-12)6-13/h2-4,14H,1H3. The minimum Gasteiger partial charge on any atom is -0.496 e. The van der Waals surface area contributed by atoms with E-state index in [0.717, 1.165) is 9.32 Å². The maximum atomic E-state index is 8.48. The molecule has 0 fully saturated rings. The molecule has 6 heteroatoms. The average Bonchev–Trinajstić information content (AvgIpc) is 2.30. The van der Waals surface area contributed by atoms with E-state index in [9.17, 15) is 0 Å². The van der Waals surface area contributed by atoms with Gasteiger partial charge in [-0.15, -0.1) is 0 Å². The second-order valence-corrected chi connectivity index (χ2v) is 3.81. The number of rotatable bonds is 3. The molecule has 0 saturated heterocycles. The first kappa shape index (κ1) is 12.3. The lowest BCUT2D eigenvalue weighted by molar-refractivity contribution is 0.412. The molecule has 0 aliphatic heterocycles. The van der Waals surface area contributed by atoms with Crippen LogP contribution in [0.1, 0.15) is 0 Å². The van der Waals surface area contributed by atoms with Crippen LogP contribution < -0.4 is 10.2 Å². The number of nitriles is 2. The van der Waals surface area contributed by atoms with Crippen molar-refractivity contribution in [1.29, 1.82) is 10.5 Å². The first-order valence-electron chi connectivity index (χ1n) is 4.18. The molecule has 80 valence electrons. The summed E-state index contributed by atoms with van der Waals surface area (Å²) in [6.45, 7) is 0. The molecule has 0 spiro atoms. The Morgan fingerprint density at radius 2 is 2.12 bits per heavy atom. The number of benzene rings is 1. The highest BCUT2D eigenvalue weighted by atomic mass is 127. The van der Waals surface area contributed by atoms with Gasteiger partial charge in [0.25, 0.3) is 0 Å². The van der Waals surface area contributed by atoms with Crippen LogP contribution in [0.25, 0.3) is 0 Å². The fourth-order valence-corrected chi connectivity index (χ4v) is 1.67. The zero-order valence-corrected chi connectivity index (χ0v) is 10.5. The Balaban J connectivity index is 2.85. The van der Waals surface area contributed by atoms with Crippen molar-refractivity contribution in [3.05, 3.63) is 21.8 Å². The molecule has 0 aromatic heterocycles. The molecule has 1 aromatic rings. The molecule has 1 aromatic carbocycles. The highest BCUT2D eigenvalue weighted by Crippen LogP contribution is 2.23. The highest BCUT2D eigenvalue weighted by Gasteiger charge is 2.00. The van der Waals surface area contributed by atoms with Crippen molar-refractivity contribution in [1.82, 2.24) is 0 Å². The van der Waals surface area contributed by atoms with Gasteiger partial charge < -0.3 is 4.74 Å². The van der Waals surface area contributed by atoms with Crippen molar-refractivity contribution < 1.29 is 4.74 Å². The predicted octanol–water partition coefficient (Wildman–Crippen LogP) is 2.11. The predicted molar refractivity (Wildman–Crippen MR) is 68.0 cm³/mol. The van der Waals surface area contributed by atoms with Crippen molar-refractivity contribution in [2.45, 2.75) is 0 Å². The number of ether oxygens (including phenoxy) is 1. The van der Waals surface area contributed by atoms with Crippen LogP contribution >= 0.6 is 22.6 Å². The van der Waals surface area contributed by atoms with Gasteiger partial charge in [0.15, 0.2) is 0 Å². The van der Waals surface area contributed by atoms with Crippen molar-refractivity contribution in [3.8, 4) is 17.9 Å². The Hall–Kier alpha value is -1.80. The van der Waals surface area contributed by atoms with Crippen molar-refractivity contribution in [2.24, 2.45) is 5.10 Å². The Labute approximate surface area is 106 Å². The average molecular weight is 326 g/mol. The van der Waals surface area contributed by atoms with E-state index >= 15 is 0 Å². The maximum Gasteiger partial charge on any atom is 0.237 e. The van der Waals surface area contributed by atoms with Crippen LogP contribution in [0.15, 0.2) is 23.3 Å². The van der Waals surface area contributed by atoms with Gasteiger partial charge in [-0.3, -0.25) is 5.43 Å². The number of hydrazone groups is 1. The summed E-state index contributed by atoms with van der Waals surface area (Å²) in [7, 11) is 1.59. The minimum atomic E-state index is -0.217. The summed E-state index contributed by atoms with van der Waals surface area (Å²) < 4.78 is 6.00. The normalized spacial score (nSPS) is 8.50. The van der Waals surface area contributed by atoms with E-state index in [-0.39, 0.29) is 5.71 Å². The summed E-state index contributed by atoms with van der Waals surface area (Å²) in [5, 5.41) is 20.6. The maximum absolute atomic E-state index is 8.48. The van der Waals surface area contributed by atoms with Gasteiger partial charge in [-0.05, 0) is 40.8 Å². The number of hydrogen-bond donors (Lipinski definition) is 1. The molecule has 1 N–H and O–H groups in total. The third kappa shape index (κ3) is 3.11. The molecular formula is C10H7IN4O. The summed E-state index contributed by atoms with van der Waals surface area (Å²) in [5.41, 5.74) is 3.09. The van der Waals surface area contributed by atoms with Gasteiger partial charge in [-0.25, -0.2) is 0 Å². The number of halogens is 1. The molecule has 0 amide bonds. The fraction of sp³-hybridized carbons (Fsp3) is 0.100. The van der Waals surface area contributed by atoms with Gasteiger partial charge in [-0.1, -0.05) is 0 Å². The van der Waals surface area contributed by atoms with Gasteiger partial charge in [-0.2, -0.15) is 15.6 Å². The zero-order chi connectivity index (χ0) is 12.0. The zero-order valence-electron chi connectivity index (χ0n) is 8.36. The van der Waals surface area contributed by atoms with E-state index in [4.69, 9.17) is 15.3 Å². The molecule has 0 aliphatic carbocycles. The molecule has 1 rings (SSSR count). The number of hydrogen-bond acceptors (Lipinski definition) is 5. The summed E-state index contributed by atoms with van der Waals surface area (Å²) in [6, 6.07) is 8.64. The lowest BCUT2D eigenvalue weighted by Crippen LogP contribution is -1.97. The Morgan fingerprint density at radius 1 is 1.44 bits per heavy atom.